The molecule has 27 heavy (non-hydrogen) atoms. The maximum atomic E-state index is 12.2. The molecule has 1 amide bonds. The van der Waals surface area contributed by atoms with Gasteiger partial charge < -0.3 is 20.9 Å². The number of amides is 1. The van der Waals surface area contributed by atoms with Gasteiger partial charge in [-0.3, -0.25) is 4.79 Å². The van der Waals surface area contributed by atoms with Crippen LogP contribution in [0.1, 0.15) is 45.4 Å². The summed E-state index contributed by atoms with van der Waals surface area (Å²) in [6, 6.07) is 11.2. The molecule has 1 aliphatic heterocycles. The first kappa shape index (κ1) is 19.5. The SMILES string of the molecule is CCNC(=NCC(=O)NC1CCCCC1)NC1CCN(c2ccccc2)C1. The largest absolute Gasteiger partial charge is 0.369 e. The van der Waals surface area contributed by atoms with E-state index in [1.807, 2.05) is 13.0 Å². The van der Waals surface area contributed by atoms with Crippen LogP contribution < -0.4 is 20.9 Å². The van der Waals surface area contributed by atoms with Crippen molar-refractivity contribution >= 4 is 17.6 Å². The molecule has 148 valence electrons. The first-order valence-corrected chi connectivity index (χ1v) is 10.4. The molecule has 3 rings (SSSR count). The third-order valence-electron chi connectivity index (χ3n) is 5.35. The molecule has 3 N–H and O–H groups in total. The number of guanidine groups is 1. The van der Waals surface area contributed by atoms with Crippen LogP contribution in [0.3, 0.4) is 0 Å². The summed E-state index contributed by atoms with van der Waals surface area (Å²) in [7, 11) is 0. The predicted octanol–water partition coefficient (Wildman–Crippen LogP) is 2.27. The molecule has 0 bridgehead atoms. The van der Waals surface area contributed by atoms with Gasteiger partial charge in [0.2, 0.25) is 5.91 Å². The van der Waals surface area contributed by atoms with Crippen LogP contribution in [0.5, 0.6) is 0 Å². The molecule has 1 saturated heterocycles. The van der Waals surface area contributed by atoms with Gasteiger partial charge in [-0.1, -0.05) is 37.5 Å². The summed E-state index contributed by atoms with van der Waals surface area (Å²) in [5.74, 6) is 0.757. The van der Waals surface area contributed by atoms with Crippen molar-refractivity contribution < 1.29 is 4.79 Å². The molecular formula is C21H33N5O. The van der Waals surface area contributed by atoms with Gasteiger partial charge in [-0.05, 0) is 38.3 Å². The van der Waals surface area contributed by atoms with Crippen molar-refractivity contribution in [2.24, 2.45) is 4.99 Å². The van der Waals surface area contributed by atoms with Crippen LogP contribution >= 0.6 is 0 Å². The number of aliphatic imine (C=N–C) groups is 1. The molecule has 1 atom stereocenters. The standard InChI is InChI=1S/C21H33N5O/c1-2-22-21(23-15-20(27)24-17-9-5-3-6-10-17)25-18-13-14-26(16-18)19-11-7-4-8-12-19/h4,7-8,11-12,17-18H,2-3,5-6,9-10,13-16H2,1H3,(H,24,27)(H2,22,23,25). The minimum atomic E-state index is 0.0245. The minimum absolute atomic E-state index is 0.0245. The minimum Gasteiger partial charge on any atom is -0.369 e. The fourth-order valence-corrected chi connectivity index (χ4v) is 3.94. The molecule has 1 aromatic rings. The summed E-state index contributed by atoms with van der Waals surface area (Å²) in [4.78, 5) is 19.1. The molecule has 1 aromatic carbocycles. The summed E-state index contributed by atoms with van der Waals surface area (Å²) in [5, 5.41) is 9.89. The number of carbonyl (C=O) groups is 1. The fraction of sp³-hybridized carbons (Fsp3) is 0.619. The van der Waals surface area contributed by atoms with E-state index < -0.39 is 0 Å². The highest BCUT2D eigenvalue weighted by atomic mass is 16.1. The lowest BCUT2D eigenvalue weighted by molar-refractivity contribution is -0.120. The number of rotatable bonds is 6. The Kier molecular flexibility index (Phi) is 7.36. The van der Waals surface area contributed by atoms with E-state index in [9.17, 15) is 4.79 Å². The lowest BCUT2D eigenvalue weighted by Crippen LogP contribution is -2.45. The van der Waals surface area contributed by atoms with Crippen LogP contribution in [-0.4, -0.2) is 50.1 Å². The zero-order chi connectivity index (χ0) is 18.9. The second-order valence-corrected chi connectivity index (χ2v) is 7.51. The van der Waals surface area contributed by atoms with Crippen molar-refractivity contribution in [2.75, 3.05) is 31.1 Å². The van der Waals surface area contributed by atoms with Gasteiger partial charge in [-0.15, -0.1) is 0 Å². The van der Waals surface area contributed by atoms with Crippen molar-refractivity contribution in [1.82, 2.24) is 16.0 Å². The van der Waals surface area contributed by atoms with Gasteiger partial charge in [-0.2, -0.15) is 0 Å². The number of anilines is 1. The normalized spacial score (nSPS) is 21.1. The summed E-state index contributed by atoms with van der Waals surface area (Å²) in [6.45, 7) is 4.99. The summed E-state index contributed by atoms with van der Waals surface area (Å²) < 4.78 is 0. The first-order valence-electron chi connectivity index (χ1n) is 10.4. The Morgan fingerprint density at radius 2 is 1.85 bits per heavy atom. The number of benzene rings is 1. The quantitative estimate of drug-likeness (QED) is 0.530. The molecule has 6 nitrogen and oxygen atoms in total. The monoisotopic (exact) mass is 371 g/mol. The van der Waals surface area contributed by atoms with E-state index in [1.165, 1.54) is 24.9 Å². The van der Waals surface area contributed by atoms with Crippen LogP contribution in [-0.2, 0) is 4.79 Å². The summed E-state index contributed by atoms with van der Waals surface area (Å²) >= 11 is 0. The Bertz CT molecular complexity index is 612. The molecule has 1 heterocycles. The van der Waals surface area contributed by atoms with Crippen molar-refractivity contribution in [3.8, 4) is 0 Å². The topological polar surface area (TPSA) is 68.8 Å². The first-order chi connectivity index (χ1) is 13.2. The van der Waals surface area contributed by atoms with E-state index in [0.717, 1.165) is 44.9 Å². The number of hydrogen-bond donors (Lipinski definition) is 3. The van der Waals surface area contributed by atoms with Crippen molar-refractivity contribution in [1.29, 1.82) is 0 Å². The molecular weight excluding hydrogens is 338 g/mol. The van der Waals surface area contributed by atoms with Crippen molar-refractivity contribution in [3.05, 3.63) is 30.3 Å². The maximum absolute atomic E-state index is 12.2. The van der Waals surface area contributed by atoms with Crippen LogP contribution in [0, 0.1) is 0 Å². The third kappa shape index (κ3) is 6.15. The molecule has 0 aromatic heterocycles. The summed E-state index contributed by atoms with van der Waals surface area (Å²) in [5.41, 5.74) is 1.26. The van der Waals surface area contributed by atoms with E-state index in [2.05, 4.69) is 50.1 Å². The fourth-order valence-electron chi connectivity index (χ4n) is 3.94. The highest BCUT2D eigenvalue weighted by molar-refractivity contribution is 5.85. The van der Waals surface area contributed by atoms with E-state index in [1.54, 1.807) is 0 Å². The number of para-hydroxylation sites is 1. The second-order valence-electron chi connectivity index (χ2n) is 7.51. The molecule has 1 saturated carbocycles. The van der Waals surface area contributed by atoms with Gasteiger partial charge in [0.1, 0.15) is 6.54 Å². The predicted molar refractivity (Wildman–Crippen MR) is 111 cm³/mol. The Hall–Kier alpha value is -2.24. The van der Waals surface area contributed by atoms with Crippen molar-refractivity contribution in [3.63, 3.8) is 0 Å². The van der Waals surface area contributed by atoms with Crippen LogP contribution in [0.25, 0.3) is 0 Å². The summed E-state index contributed by atoms with van der Waals surface area (Å²) in [6.07, 6.45) is 7.00. The number of carbonyl (C=O) groups excluding carboxylic acids is 1. The Labute approximate surface area is 162 Å². The second kappa shape index (κ2) is 10.2. The molecule has 2 aliphatic rings. The molecule has 1 aliphatic carbocycles. The lowest BCUT2D eigenvalue weighted by atomic mass is 9.95. The molecule has 1 unspecified atom stereocenters. The average molecular weight is 372 g/mol. The number of hydrogen-bond acceptors (Lipinski definition) is 3. The number of nitrogens with one attached hydrogen (secondary N) is 3. The molecule has 2 fully saturated rings. The Morgan fingerprint density at radius 1 is 1.07 bits per heavy atom. The molecule has 6 heteroatoms. The van der Waals surface area contributed by atoms with E-state index in [4.69, 9.17) is 0 Å². The lowest BCUT2D eigenvalue weighted by Gasteiger charge is -2.22. The van der Waals surface area contributed by atoms with Crippen molar-refractivity contribution in [2.45, 2.75) is 57.5 Å². The highest BCUT2D eigenvalue weighted by Crippen LogP contribution is 2.19. The van der Waals surface area contributed by atoms with Crippen LogP contribution in [0.2, 0.25) is 0 Å². The smallest absolute Gasteiger partial charge is 0.242 e. The van der Waals surface area contributed by atoms with E-state index in [0.29, 0.717) is 12.1 Å². The van der Waals surface area contributed by atoms with E-state index >= 15 is 0 Å². The highest BCUT2D eigenvalue weighted by Gasteiger charge is 2.23. The van der Waals surface area contributed by atoms with Gasteiger partial charge in [0.05, 0.1) is 0 Å². The Balaban J connectivity index is 1.48. The van der Waals surface area contributed by atoms with Gasteiger partial charge in [-0.25, -0.2) is 4.99 Å². The third-order valence-corrected chi connectivity index (χ3v) is 5.35. The van der Waals surface area contributed by atoms with Gasteiger partial charge in [0, 0.05) is 37.4 Å². The van der Waals surface area contributed by atoms with E-state index in [-0.39, 0.29) is 12.5 Å². The zero-order valence-electron chi connectivity index (χ0n) is 16.4. The number of nitrogens with zero attached hydrogens (tertiary/aromatic N) is 2. The van der Waals surface area contributed by atoms with Crippen LogP contribution in [0.15, 0.2) is 35.3 Å². The average Bonchev–Trinajstić information content (AvgIpc) is 3.16. The zero-order valence-corrected chi connectivity index (χ0v) is 16.4. The van der Waals surface area contributed by atoms with Crippen LogP contribution in [0.4, 0.5) is 5.69 Å². The maximum Gasteiger partial charge on any atom is 0.242 e. The Morgan fingerprint density at radius 3 is 2.59 bits per heavy atom. The van der Waals surface area contributed by atoms with Gasteiger partial charge >= 0.3 is 0 Å². The van der Waals surface area contributed by atoms with Gasteiger partial charge in [0.15, 0.2) is 5.96 Å². The molecule has 0 spiro atoms. The van der Waals surface area contributed by atoms with Gasteiger partial charge in [0.25, 0.3) is 0 Å². The molecule has 0 radical (unpaired) electrons.